The van der Waals surface area contributed by atoms with E-state index in [0.29, 0.717) is 13.0 Å². The summed E-state index contributed by atoms with van der Waals surface area (Å²) in [6.45, 7) is 4.26. The summed E-state index contributed by atoms with van der Waals surface area (Å²) in [5.41, 5.74) is -0.854. The van der Waals surface area contributed by atoms with Gasteiger partial charge in [-0.05, 0) is 36.7 Å². The second-order valence-electron chi connectivity index (χ2n) is 4.20. The fraction of sp³-hybridized carbons (Fsp3) is 0.800. The molecule has 0 aliphatic heterocycles. The molecule has 1 rings (SSSR count). The monoisotopic (exact) mass is 273 g/mol. The number of likely N-dealkylation sites (N-methyl/N-ethyl adjacent to an activating group) is 1. The quantitative estimate of drug-likeness (QED) is 0.527. The molecule has 7 nitrogen and oxygen atoms in total. The Hall–Kier alpha value is -1.15. The van der Waals surface area contributed by atoms with Gasteiger partial charge in [0.25, 0.3) is 0 Å². The molecule has 102 valence electrons. The van der Waals surface area contributed by atoms with Crippen LogP contribution in [0.25, 0.3) is 0 Å². The molecule has 0 saturated heterocycles. The number of thioether (sulfide) groups is 1. The number of carboxylic acids is 1. The van der Waals surface area contributed by atoms with E-state index >= 15 is 0 Å². The van der Waals surface area contributed by atoms with Crippen molar-refractivity contribution in [3.05, 3.63) is 0 Å². The van der Waals surface area contributed by atoms with E-state index in [1.54, 1.807) is 18.7 Å². The maximum atomic E-state index is 11.2. The number of hydrogen-bond acceptors (Lipinski definition) is 6. The third kappa shape index (κ3) is 3.95. The van der Waals surface area contributed by atoms with Gasteiger partial charge in [0.15, 0.2) is 0 Å². The van der Waals surface area contributed by atoms with E-state index in [-0.39, 0.29) is 0 Å². The van der Waals surface area contributed by atoms with Crippen molar-refractivity contribution in [1.82, 2.24) is 25.5 Å². The van der Waals surface area contributed by atoms with Gasteiger partial charge in [-0.1, -0.05) is 18.7 Å². The van der Waals surface area contributed by atoms with Gasteiger partial charge in [-0.25, -0.2) is 4.68 Å². The lowest BCUT2D eigenvalue weighted by Gasteiger charge is -2.25. The predicted molar refractivity (Wildman–Crippen MR) is 68.5 cm³/mol. The molecule has 2 N–H and O–H groups in total. The van der Waals surface area contributed by atoms with Gasteiger partial charge in [-0.3, -0.25) is 4.79 Å². The first-order chi connectivity index (χ1) is 8.49. The van der Waals surface area contributed by atoms with Crippen molar-refractivity contribution >= 4 is 17.7 Å². The molecule has 0 aromatic carbocycles. The minimum atomic E-state index is -0.854. The third-order valence-corrected chi connectivity index (χ3v) is 3.77. The molecule has 1 heterocycles. The average molecular weight is 273 g/mol. The minimum absolute atomic E-state index is 0.578. The van der Waals surface area contributed by atoms with E-state index in [0.717, 1.165) is 17.3 Å². The topological polar surface area (TPSA) is 92.9 Å². The molecule has 0 aliphatic rings. The fourth-order valence-electron chi connectivity index (χ4n) is 1.59. The summed E-state index contributed by atoms with van der Waals surface area (Å²) < 4.78 is 1.60. The van der Waals surface area contributed by atoms with Crippen molar-refractivity contribution in [1.29, 1.82) is 0 Å². The molecule has 0 bridgehead atoms. The van der Waals surface area contributed by atoms with Gasteiger partial charge < -0.3 is 10.4 Å². The SMILES string of the molecule is CCNC(C)(CCCSc1nnnn1C)C(=O)O. The lowest BCUT2D eigenvalue weighted by Crippen LogP contribution is -2.49. The molecule has 0 amide bonds. The number of rotatable bonds is 8. The predicted octanol–water partition coefficient (Wildman–Crippen LogP) is 0.535. The van der Waals surface area contributed by atoms with Crippen LogP contribution in [-0.2, 0) is 11.8 Å². The summed E-state index contributed by atoms with van der Waals surface area (Å²) in [6, 6.07) is 0. The highest BCUT2D eigenvalue weighted by Gasteiger charge is 2.31. The smallest absolute Gasteiger partial charge is 0.323 e. The van der Waals surface area contributed by atoms with Crippen molar-refractivity contribution in [3.8, 4) is 0 Å². The maximum Gasteiger partial charge on any atom is 0.323 e. The van der Waals surface area contributed by atoms with Crippen LogP contribution in [0.5, 0.6) is 0 Å². The van der Waals surface area contributed by atoms with Crippen LogP contribution in [0, 0.1) is 0 Å². The van der Waals surface area contributed by atoms with E-state index in [1.165, 1.54) is 11.8 Å². The van der Waals surface area contributed by atoms with Gasteiger partial charge in [0.05, 0.1) is 0 Å². The minimum Gasteiger partial charge on any atom is -0.480 e. The van der Waals surface area contributed by atoms with E-state index in [4.69, 9.17) is 0 Å². The Labute approximate surface area is 110 Å². The van der Waals surface area contributed by atoms with Crippen LogP contribution >= 0.6 is 11.8 Å². The highest BCUT2D eigenvalue weighted by atomic mass is 32.2. The number of aliphatic carboxylic acids is 1. The third-order valence-electron chi connectivity index (χ3n) is 2.67. The Morgan fingerprint density at radius 3 is 2.83 bits per heavy atom. The summed E-state index contributed by atoms with van der Waals surface area (Å²) in [5.74, 6) is -0.0164. The Kier molecular flexibility index (Phi) is 5.54. The zero-order valence-corrected chi connectivity index (χ0v) is 11.7. The molecule has 1 aromatic heterocycles. The van der Waals surface area contributed by atoms with Gasteiger partial charge >= 0.3 is 5.97 Å². The standard InChI is InChI=1S/C10H19N5O2S/c1-4-11-10(2,8(16)17)6-5-7-18-9-12-13-14-15(9)3/h11H,4-7H2,1-3H3,(H,16,17). The number of aromatic nitrogens is 4. The van der Waals surface area contributed by atoms with Crippen LogP contribution in [0.1, 0.15) is 26.7 Å². The number of nitrogens with zero attached hydrogens (tertiary/aromatic N) is 4. The Balaban J connectivity index is 2.36. The zero-order chi connectivity index (χ0) is 13.6. The maximum absolute atomic E-state index is 11.2. The first kappa shape index (κ1) is 14.9. The van der Waals surface area contributed by atoms with Crippen LogP contribution in [0.15, 0.2) is 5.16 Å². The van der Waals surface area contributed by atoms with Crippen molar-refractivity contribution in [2.75, 3.05) is 12.3 Å². The molecule has 1 unspecified atom stereocenters. The van der Waals surface area contributed by atoms with Crippen LogP contribution in [-0.4, -0.2) is 49.1 Å². The Morgan fingerprint density at radius 1 is 1.61 bits per heavy atom. The summed E-state index contributed by atoms with van der Waals surface area (Å²) in [6.07, 6.45) is 1.36. The molecule has 0 spiro atoms. The fourth-order valence-corrected chi connectivity index (χ4v) is 2.38. The van der Waals surface area contributed by atoms with E-state index < -0.39 is 11.5 Å². The van der Waals surface area contributed by atoms with Gasteiger partial charge in [0.2, 0.25) is 5.16 Å². The molecule has 18 heavy (non-hydrogen) atoms. The summed E-state index contributed by atoms with van der Waals surface area (Å²) in [5, 5.41) is 24.1. The number of aryl methyl sites for hydroxylation is 1. The van der Waals surface area contributed by atoms with Crippen LogP contribution < -0.4 is 5.32 Å². The molecule has 0 fully saturated rings. The molecular weight excluding hydrogens is 254 g/mol. The number of carboxylic acid groups (broad SMARTS) is 1. The summed E-state index contributed by atoms with van der Waals surface area (Å²) in [7, 11) is 1.78. The van der Waals surface area contributed by atoms with Gasteiger partial charge in [0.1, 0.15) is 5.54 Å². The largest absolute Gasteiger partial charge is 0.480 e. The lowest BCUT2D eigenvalue weighted by atomic mass is 9.96. The first-order valence-corrected chi connectivity index (χ1v) is 6.81. The second-order valence-corrected chi connectivity index (χ2v) is 5.27. The zero-order valence-electron chi connectivity index (χ0n) is 10.9. The Morgan fingerprint density at radius 2 is 2.33 bits per heavy atom. The first-order valence-electron chi connectivity index (χ1n) is 5.83. The normalized spacial score (nSPS) is 14.4. The van der Waals surface area contributed by atoms with Crippen LogP contribution in [0.3, 0.4) is 0 Å². The molecule has 0 aliphatic carbocycles. The average Bonchev–Trinajstić information content (AvgIpc) is 2.71. The number of nitrogens with one attached hydrogen (secondary N) is 1. The van der Waals surface area contributed by atoms with Gasteiger partial charge in [-0.15, -0.1) is 5.10 Å². The van der Waals surface area contributed by atoms with Crippen LogP contribution in [0.4, 0.5) is 0 Å². The number of tetrazole rings is 1. The highest BCUT2D eigenvalue weighted by molar-refractivity contribution is 7.99. The van der Waals surface area contributed by atoms with Crippen molar-refractivity contribution in [3.63, 3.8) is 0 Å². The summed E-state index contributed by atoms with van der Waals surface area (Å²) in [4.78, 5) is 11.2. The van der Waals surface area contributed by atoms with E-state index in [1.807, 2.05) is 6.92 Å². The highest BCUT2D eigenvalue weighted by Crippen LogP contribution is 2.19. The molecule has 1 aromatic rings. The summed E-state index contributed by atoms with van der Waals surface area (Å²) >= 11 is 1.53. The van der Waals surface area contributed by atoms with Gasteiger partial charge in [0, 0.05) is 12.8 Å². The molecular formula is C10H19N5O2S. The van der Waals surface area contributed by atoms with Crippen LogP contribution in [0.2, 0.25) is 0 Å². The molecule has 0 radical (unpaired) electrons. The van der Waals surface area contributed by atoms with Crippen molar-refractivity contribution < 1.29 is 9.90 Å². The van der Waals surface area contributed by atoms with Crippen molar-refractivity contribution in [2.45, 2.75) is 37.4 Å². The molecule has 8 heteroatoms. The molecule has 0 saturated carbocycles. The number of carbonyl (C=O) groups is 1. The van der Waals surface area contributed by atoms with Crippen molar-refractivity contribution in [2.24, 2.45) is 7.05 Å². The molecule has 1 atom stereocenters. The van der Waals surface area contributed by atoms with Gasteiger partial charge in [-0.2, -0.15) is 0 Å². The van der Waals surface area contributed by atoms with E-state index in [2.05, 4.69) is 20.8 Å². The lowest BCUT2D eigenvalue weighted by molar-refractivity contribution is -0.144. The number of hydrogen-bond donors (Lipinski definition) is 2. The van der Waals surface area contributed by atoms with E-state index in [9.17, 15) is 9.90 Å². The second kappa shape index (κ2) is 6.69. The Bertz CT molecular complexity index is 397.